The molecule has 1 aromatic rings. The van der Waals surface area contributed by atoms with Crippen LogP contribution in [0.5, 0.6) is 5.75 Å². The van der Waals surface area contributed by atoms with E-state index in [4.69, 9.17) is 9.47 Å². The lowest BCUT2D eigenvalue weighted by molar-refractivity contribution is -0.131. The van der Waals surface area contributed by atoms with Gasteiger partial charge < -0.3 is 14.4 Å². The predicted molar refractivity (Wildman–Crippen MR) is 84.2 cm³/mol. The Morgan fingerprint density at radius 1 is 1.26 bits per heavy atom. The molecule has 0 spiro atoms. The van der Waals surface area contributed by atoms with Gasteiger partial charge in [0.15, 0.2) is 0 Å². The van der Waals surface area contributed by atoms with Crippen LogP contribution < -0.4 is 4.74 Å². The molecule has 3 amide bonds. The van der Waals surface area contributed by atoms with Gasteiger partial charge in [0.25, 0.3) is 5.91 Å². The standard InChI is InChI=1S/C17H22N2O4/c1-22-11-15(12-6-5-7-13(10-12)23-2)19-16(20)14-8-3-4-9-18(14)17(19)21/h5-7,10,14-15H,3-4,8-9,11H2,1-2H3/t14-,15?/m1/s1. The summed E-state index contributed by atoms with van der Waals surface area (Å²) in [5.74, 6) is 0.583. The van der Waals surface area contributed by atoms with Crippen molar-refractivity contribution in [2.24, 2.45) is 0 Å². The maximum atomic E-state index is 12.8. The minimum atomic E-state index is -0.430. The number of fused-ring (bicyclic) bond motifs is 1. The summed E-state index contributed by atoms with van der Waals surface area (Å²) in [4.78, 5) is 28.6. The minimum absolute atomic E-state index is 0.112. The van der Waals surface area contributed by atoms with E-state index in [9.17, 15) is 9.59 Å². The number of methoxy groups -OCH3 is 2. The maximum Gasteiger partial charge on any atom is 0.328 e. The molecule has 0 saturated carbocycles. The molecule has 2 fully saturated rings. The molecule has 0 aliphatic carbocycles. The molecule has 3 rings (SSSR count). The van der Waals surface area contributed by atoms with E-state index in [1.807, 2.05) is 24.3 Å². The Labute approximate surface area is 136 Å². The SMILES string of the molecule is COCC(c1cccc(OC)c1)N1C(=O)[C@H]2CCCCN2C1=O. The van der Waals surface area contributed by atoms with Crippen LogP contribution >= 0.6 is 0 Å². The van der Waals surface area contributed by atoms with Gasteiger partial charge in [-0.25, -0.2) is 4.79 Å². The van der Waals surface area contributed by atoms with Gasteiger partial charge in [0, 0.05) is 13.7 Å². The molecule has 2 aliphatic rings. The van der Waals surface area contributed by atoms with Gasteiger partial charge in [-0.05, 0) is 37.0 Å². The first-order chi connectivity index (χ1) is 11.2. The fraction of sp³-hybridized carbons (Fsp3) is 0.529. The summed E-state index contributed by atoms with van der Waals surface area (Å²) in [7, 11) is 3.17. The van der Waals surface area contributed by atoms with E-state index in [2.05, 4.69) is 0 Å². The van der Waals surface area contributed by atoms with Crippen molar-refractivity contribution < 1.29 is 19.1 Å². The van der Waals surface area contributed by atoms with Gasteiger partial charge in [-0.15, -0.1) is 0 Å². The second kappa shape index (κ2) is 6.58. The first-order valence-electron chi connectivity index (χ1n) is 7.94. The molecule has 124 valence electrons. The topological polar surface area (TPSA) is 59.1 Å². The number of imide groups is 1. The molecule has 0 bridgehead atoms. The van der Waals surface area contributed by atoms with Crippen molar-refractivity contribution in [3.8, 4) is 5.75 Å². The number of amides is 3. The summed E-state index contributed by atoms with van der Waals surface area (Å²) in [5.41, 5.74) is 0.841. The fourth-order valence-electron chi connectivity index (χ4n) is 3.42. The molecular weight excluding hydrogens is 296 g/mol. The Morgan fingerprint density at radius 3 is 2.78 bits per heavy atom. The molecule has 1 unspecified atom stereocenters. The number of nitrogens with zero attached hydrogens (tertiary/aromatic N) is 2. The second-order valence-electron chi connectivity index (χ2n) is 5.94. The van der Waals surface area contributed by atoms with E-state index >= 15 is 0 Å². The van der Waals surface area contributed by atoms with E-state index in [0.717, 1.165) is 24.8 Å². The smallest absolute Gasteiger partial charge is 0.328 e. The third-order valence-corrected chi connectivity index (χ3v) is 4.59. The van der Waals surface area contributed by atoms with Crippen LogP contribution in [0.1, 0.15) is 30.9 Å². The van der Waals surface area contributed by atoms with Crippen molar-refractivity contribution in [1.82, 2.24) is 9.80 Å². The molecule has 2 heterocycles. The summed E-state index contributed by atoms with van der Waals surface area (Å²) in [6, 6.07) is 6.50. The predicted octanol–water partition coefficient (Wildman–Crippen LogP) is 2.20. The molecule has 2 atom stereocenters. The number of hydrogen-bond acceptors (Lipinski definition) is 4. The lowest BCUT2D eigenvalue weighted by Crippen LogP contribution is -2.39. The highest BCUT2D eigenvalue weighted by molar-refractivity contribution is 6.04. The van der Waals surface area contributed by atoms with Crippen molar-refractivity contribution in [3.63, 3.8) is 0 Å². The number of carbonyl (C=O) groups is 2. The lowest BCUT2D eigenvalue weighted by atomic mass is 10.0. The van der Waals surface area contributed by atoms with Crippen molar-refractivity contribution in [3.05, 3.63) is 29.8 Å². The third-order valence-electron chi connectivity index (χ3n) is 4.59. The quantitative estimate of drug-likeness (QED) is 0.781. The number of carbonyl (C=O) groups excluding carboxylic acids is 2. The first-order valence-corrected chi connectivity index (χ1v) is 7.94. The number of ether oxygens (including phenoxy) is 2. The largest absolute Gasteiger partial charge is 0.497 e. The normalized spacial score (nSPS) is 22.3. The van der Waals surface area contributed by atoms with Crippen molar-refractivity contribution >= 4 is 11.9 Å². The van der Waals surface area contributed by atoms with Gasteiger partial charge in [-0.1, -0.05) is 12.1 Å². The van der Waals surface area contributed by atoms with Crippen LogP contribution in [0.2, 0.25) is 0 Å². The highest BCUT2D eigenvalue weighted by Gasteiger charge is 2.48. The van der Waals surface area contributed by atoms with E-state index in [-0.39, 0.29) is 24.6 Å². The van der Waals surface area contributed by atoms with Crippen molar-refractivity contribution in [2.75, 3.05) is 27.4 Å². The van der Waals surface area contributed by atoms with E-state index < -0.39 is 6.04 Å². The third kappa shape index (κ3) is 2.79. The minimum Gasteiger partial charge on any atom is -0.497 e. The Balaban J connectivity index is 1.94. The van der Waals surface area contributed by atoms with Gasteiger partial charge >= 0.3 is 6.03 Å². The molecule has 0 aromatic heterocycles. The van der Waals surface area contributed by atoms with Crippen LogP contribution in [0.25, 0.3) is 0 Å². The summed E-state index contributed by atoms with van der Waals surface area (Å²) < 4.78 is 10.5. The number of benzene rings is 1. The van der Waals surface area contributed by atoms with Gasteiger partial charge in [0.1, 0.15) is 11.8 Å². The zero-order valence-electron chi connectivity index (χ0n) is 13.5. The van der Waals surface area contributed by atoms with E-state index in [0.29, 0.717) is 12.3 Å². The van der Waals surface area contributed by atoms with Crippen molar-refractivity contribution in [1.29, 1.82) is 0 Å². The summed E-state index contributed by atoms with van der Waals surface area (Å²) in [6.45, 7) is 0.925. The Morgan fingerprint density at radius 2 is 2.09 bits per heavy atom. The Hall–Kier alpha value is -2.08. The van der Waals surface area contributed by atoms with Crippen molar-refractivity contribution in [2.45, 2.75) is 31.3 Å². The van der Waals surface area contributed by atoms with Gasteiger partial charge in [-0.3, -0.25) is 9.69 Å². The molecule has 6 heteroatoms. The first kappa shape index (κ1) is 15.8. The van der Waals surface area contributed by atoms with Crippen LogP contribution in [0, 0.1) is 0 Å². The number of urea groups is 1. The molecule has 6 nitrogen and oxygen atoms in total. The van der Waals surface area contributed by atoms with Crippen LogP contribution in [0.3, 0.4) is 0 Å². The van der Waals surface area contributed by atoms with Crippen LogP contribution in [-0.2, 0) is 9.53 Å². The zero-order chi connectivity index (χ0) is 16.4. The molecular formula is C17H22N2O4. The zero-order valence-corrected chi connectivity index (χ0v) is 13.5. The summed E-state index contributed by atoms with van der Waals surface area (Å²) >= 11 is 0. The molecule has 2 saturated heterocycles. The van der Waals surface area contributed by atoms with Crippen LogP contribution in [0.15, 0.2) is 24.3 Å². The summed E-state index contributed by atoms with van der Waals surface area (Å²) in [6.07, 6.45) is 2.69. The monoisotopic (exact) mass is 318 g/mol. The fourth-order valence-corrected chi connectivity index (χ4v) is 3.42. The van der Waals surface area contributed by atoms with Gasteiger partial charge in [-0.2, -0.15) is 0 Å². The molecule has 23 heavy (non-hydrogen) atoms. The Kier molecular flexibility index (Phi) is 4.52. The number of piperidine rings is 1. The molecule has 1 aromatic carbocycles. The van der Waals surface area contributed by atoms with Crippen LogP contribution in [0.4, 0.5) is 4.79 Å². The average molecular weight is 318 g/mol. The van der Waals surface area contributed by atoms with E-state index in [1.165, 1.54) is 4.90 Å². The highest BCUT2D eigenvalue weighted by atomic mass is 16.5. The Bertz CT molecular complexity index is 580. The average Bonchev–Trinajstić information content (AvgIpc) is 2.84. The highest BCUT2D eigenvalue weighted by Crippen LogP contribution is 2.34. The summed E-state index contributed by atoms with van der Waals surface area (Å²) in [5, 5.41) is 0. The maximum absolute atomic E-state index is 12.8. The van der Waals surface area contributed by atoms with Gasteiger partial charge in [0.05, 0.1) is 19.8 Å². The van der Waals surface area contributed by atoms with Gasteiger partial charge in [0.2, 0.25) is 0 Å². The van der Waals surface area contributed by atoms with Crippen LogP contribution in [-0.4, -0.2) is 55.2 Å². The molecule has 0 radical (unpaired) electrons. The number of rotatable bonds is 5. The second-order valence-corrected chi connectivity index (χ2v) is 5.94. The van der Waals surface area contributed by atoms with E-state index in [1.54, 1.807) is 19.1 Å². The lowest BCUT2D eigenvalue weighted by Gasteiger charge is -2.27. The molecule has 2 aliphatic heterocycles. The number of hydrogen-bond donors (Lipinski definition) is 0. The molecule has 0 N–H and O–H groups in total.